The molecule has 0 aliphatic carbocycles. The summed E-state index contributed by atoms with van der Waals surface area (Å²) in [6.45, 7) is 0. The Morgan fingerprint density at radius 2 is 1.96 bits per heavy atom. The third-order valence-corrected chi connectivity index (χ3v) is 5.33. The molecule has 0 saturated carbocycles. The van der Waals surface area contributed by atoms with E-state index in [0.29, 0.717) is 22.0 Å². The summed E-state index contributed by atoms with van der Waals surface area (Å²) in [5, 5.41) is 13.9. The molecular weight excluding hydrogens is 388 g/mol. The number of carbonyl (C=O) groups excluding carboxylic acids is 1. The van der Waals surface area contributed by atoms with Crippen LogP contribution in [0.3, 0.4) is 0 Å². The van der Waals surface area contributed by atoms with Gasteiger partial charge in [0.1, 0.15) is 16.5 Å². The molecule has 0 fully saturated rings. The van der Waals surface area contributed by atoms with Crippen molar-refractivity contribution < 1.29 is 14.1 Å². The average Bonchev–Trinajstić information content (AvgIpc) is 3.11. The number of nitrogens with one attached hydrogen (secondary N) is 1. The van der Waals surface area contributed by atoms with Crippen molar-refractivity contribution in [3.8, 4) is 11.3 Å². The maximum Gasteiger partial charge on any atom is 0.288 e. The summed E-state index contributed by atoms with van der Waals surface area (Å²) >= 11 is 7.20. The van der Waals surface area contributed by atoms with Gasteiger partial charge in [-0.3, -0.25) is 14.9 Å². The molecule has 1 amide bonds. The molecular formula is C19H11ClN2O4S. The smallest absolute Gasteiger partial charge is 0.288 e. The van der Waals surface area contributed by atoms with Crippen molar-refractivity contribution in [3.63, 3.8) is 0 Å². The van der Waals surface area contributed by atoms with E-state index in [1.165, 1.54) is 23.9 Å². The molecule has 1 aliphatic heterocycles. The summed E-state index contributed by atoms with van der Waals surface area (Å²) < 4.78 is 5.75. The van der Waals surface area contributed by atoms with E-state index in [1.807, 2.05) is 24.3 Å². The number of hydrogen-bond acceptors (Lipinski definition) is 5. The summed E-state index contributed by atoms with van der Waals surface area (Å²) in [6, 6.07) is 15.4. The highest BCUT2D eigenvalue weighted by Crippen LogP contribution is 2.39. The number of anilines is 1. The minimum Gasteiger partial charge on any atom is -0.457 e. The Bertz CT molecular complexity index is 1110. The standard InChI is InChI=1S/C19H11ClN2O4S/c20-13-7-5-11(9-15(13)22(24)25)16-8-6-12(26-16)10-18-19(23)21-14-3-1-2-4-17(14)27-18/h1-10H,(H,21,23)/b18-10-. The number of para-hydroxylation sites is 1. The first-order valence-electron chi connectivity index (χ1n) is 7.85. The number of nitrogens with zero attached hydrogens (tertiary/aromatic N) is 1. The molecule has 27 heavy (non-hydrogen) atoms. The second-order valence-electron chi connectivity index (χ2n) is 5.69. The highest BCUT2D eigenvalue weighted by molar-refractivity contribution is 8.04. The van der Waals surface area contributed by atoms with Gasteiger partial charge in [-0.05, 0) is 36.4 Å². The van der Waals surface area contributed by atoms with Gasteiger partial charge in [-0.25, -0.2) is 0 Å². The number of fused-ring (bicyclic) bond motifs is 1. The van der Waals surface area contributed by atoms with Crippen molar-refractivity contribution in [1.29, 1.82) is 0 Å². The fourth-order valence-electron chi connectivity index (χ4n) is 2.62. The van der Waals surface area contributed by atoms with Crippen LogP contribution < -0.4 is 5.32 Å². The quantitative estimate of drug-likeness (QED) is 0.353. The molecule has 1 N–H and O–H groups in total. The first-order chi connectivity index (χ1) is 13.0. The number of benzene rings is 2. The van der Waals surface area contributed by atoms with Crippen LogP contribution in [0.4, 0.5) is 11.4 Å². The number of rotatable bonds is 3. The lowest BCUT2D eigenvalue weighted by Crippen LogP contribution is -2.16. The molecule has 134 valence electrons. The SMILES string of the molecule is O=C1Nc2ccccc2S/C1=C\c1ccc(-c2ccc(Cl)c([N+](=O)[O-])c2)o1. The predicted octanol–water partition coefficient (Wildman–Crippen LogP) is 5.59. The van der Waals surface area contributed by atoms with Crippen molar-refractivity contribution in [1.82, 2.24) is 0 Å². The minimum atomic E-state index is -0.544. The molecule has 6 nitrogen and oxygen atoms in total. The van der Waals surface area contributed by atoms with E-state index in [9.17, 15) is 14.9 Å². The van der Waals surface area contributed by atoms with Gasteiger partial charge >= 0.3 is 0 Å². The Morgan fingerprint density at radius 3 is 2.78 bits per heavy atom. The zero-order valence-corrected chi connectivity index (χ0v) is 15.2. The summed E-state index contributed by atoms with van der Waals surface area (Å²) in [6.07, 6.45) is 1.64. The van der Waals surface area contributed by atoms with Crippen LogP contribution in [0.15, 0.2) is 68.8 Å². The molecule has 4 rings (SSSR count). The summed E-state index contributed by atoms with van der Waals surface area (Å²) in [7, 11) is 0. The average molecular weight is 399 g/mol. The van der Waals surface area contributed by atoms with Gasteiger partial charge in [0, 0.05) is 22.6 Å². The largest absolute Gasteiger partial charge is 0.457 e. The van der Waals surface area contributed by atoms with E-state index in [2.05, 4.69) is 5.32 Å². The molecule has 2 heterocycles. The zero-order chi connectivity index (χ0) is 19.0. The summed E-state index contributed by atoms with van der Waals surface area (Å²) in [5.74, 6) is 0.710. The van der Waals surface area contributed by atoms with E-state index in [1.54, 1.807) is 24.3 Å². The minimum absolute atomic E-state index is 0.0617. The van der Waals surface area contributed by atoms with Gasteiger partial charge in [0.15, 0.2) is 0 Å². The van der Waals surface area contributed by atoms with E-state index in [0.717, 1.165) is 10.6 Å². The maximum absolute atomic E-state index is 12.3. The van der Waals surface area contributed by atoms with Gasteiger partial charge in [-0.2, -0.15) is 0 Å². The Morgan fingerprint density at radius 1 is 1.15 bits per heavy atom. The van der Waals surface area contributed by atoms with Gasteiger partial charge in [-0.1, -0.05) is 35.5 Å². The predicted molar refractivity (Wildman–Crippen MR) is 105 cm³/mol. The van der Waals surface area contributed by atoms with Crippen LogP contribution in [0.25, 0.3) is 17.4 Å². The first kappa shape index (κ1) is 17.4. The van der Waals surface area contributed by atoms with Crippen LogP contribution in [0.1, 0.15) is 5.76 Å². The molecule has 2 aromatic carbocycles. The monoisotopic (exact) mass is 398 g/mol. The number of nitro benzene ring substituents is 1. The summed E-state index contributed by atoms with van der Waals surface area (Å²) in [5.41, 5.74) is 1.12. The second-order valence-corrected chi connectivity index (χ2v) is 7.18. The Hall–Kier alpha value is -3.03. The number of halogens is 1. The van der Waals surface area contributed by atoms with Crippen molar-refractivity contribution >= 4 is 46.7 Å². The second kappa shape index (κ2) is 6.94. The van der Waals surface area contributed by atoms with Crippen LogP contribution >= 0.6 is 23.4 Å². The van der Waals surface area contributed by atoms with Crippen molar-refractivity contribution in [2.24, 2.45) is 0 Å². The highest BCUT2D eigenvalue weighted by atomic mass is 35.5. The number of carbonyl (C=O) groups is 1. The lowest BCUT2D eigenvalue weighted by molar-refractivity contribution is -0.384. The molecule has 8 heteroatoms. The molecule has 0 saturated heterocycles. The Labute approximate surface area is 163 Å². The number of hydrogen-bond donors (Lipinski definition) is 1. The molecule has 0 unspecified atom stereocenters. The zero-order valence-electron chi connectivity index (χ0n) is 13.6. The molecule has 1 aliphatic rings. The number of amides is 1. The molecule has 0 atom stereocenters. The van der Waals surface area contributed by atoms with Crippen LogP contribution in [0.5, 0.6) is 0 Å². The molecule has 3 aromatic rings. The van der Waals surface area contributed by atoms with Gasteiger partial charge in [-0.15, -0.1) is 0 Å². The van der Waals surface area contributed by atoms with E-state index < -0.39 is 4.92 Å². The maximum atomic E-state index is 12.3. The van der Waals surface area contributed by atoms with Gasteiger partial charge in [0.25, 0.3) is 11.6 Å². The topological polar surface area (TPSA) is 85.4 Å². The molecule has 1 aromatic heterocycles. The van der Waals surface area contributed by atoms with Gasteiger partial charge in [0.05, 0.1) is 15.5 Å². The summed E-state index contributed by atoms with van der Waals surface area (Å²) in [4.78, 5) is 24.2. The lowest BCUT2D eigenvalue weighted by atomic mass is 10.1. The van der Waals surface area contributed by atoms with E-state index in [4.69, 9.17) is 16.0 Å². The van der Waals surface area contributed by atoms with Crippen LogP contribution in [0, 0.1) is 10.1 Å². The Balaban J connectivity index is 1.64. The molecule has 0 radical (unpaired) electrons. The number of thioether (sulfide) groups is 1. The first-order valence-corrected chi connectivity index (χ1v) is 9.05. The van der Waals surface area contributed by atoms with Gasteiger partial charge in [0.2, 0.25) is 0 Å². The third-order valence-electron chi connectivity index (χ3n) is 3.91. The fraction of sp³-hybridized carbons (Fsp3) is 0. The molecule has 0 bridgehead atoms. The number of nitro groups is 1. The van der Waals surface area contributed by atoms with Crippen LogP contribution in [0.2, 0.25) is 5.02 Å². The van der Waals surface area contributed by atoms with Crippen LogP contribution in [-0.4, -0.2) is 10.8 Å². The van der Waals surface area contributed by atoms with E-state index >= 15 is 0 Å². The van der Waals surface area contributed by atoms with Crippen molar-refractivity contribution in [2.75, 3.05) is 5.32 Å². The normalized spacial score (nSPS) is 14.7. The number of furan rings is 1. The fourth-order valence-corrected chi connectivity index (χ4v) is 3.74. The third kappa shape index (κ3) is 3.47. The van der Waals surface area contributed by atoms with Crippen molar-refractivity contribution in [2.45, 2.75) is 4.90 Å². The molecule has 0 spiro atoms. The van der Waals surface area contributed by atoms with E-state index in [-0.39, 0.29) is 16.6 Å². The van der Waals surface area contributed by atoms with Crippen LogP contribution in [-0.2, 0) is 4.79 Å². The highest BCUT2D eigenvalue weighted by Gasteiger charge is 2.21. The Kier molecular flexibility index (Phi) is 4.47. The van der Waals surface area contributed by atoms with Crippen molar-refractivity contribution in [3.05, 3.63) is 80.4 Å². The van der Waals surface area contributed by atoms with Gasteiger partial charge < -0.3 is 9.73 Å². The lowest BCUT2D eigenvalue weighted by Gasteiger charge is -2.17.